The molecule has 1 aliphatic heterocycles. The lowest BCUT2D eigenvalue weighted by Gasteiger charge is -2.31. The zero-order valence-corrected chi connectivity index (χ0v) is 16.4. The normalized spacial score (nSPS) is 19.7. The zero-order valence-electron chi connectivity index (χ0n) is 15.6. The van der Waals surface area contributed by atoms with Gasteiger partial charge in [-0.05, 0) is 58.2 Å². The van der Waals surface area contributed by atoms with Crippen LogP contribution in [-0.2, 0) is 9.59 Å². The van der Waals surface area contributed by atoms with Crippen LogP contribution in [0.15, 0.2) is 18.2 Å². The topological polar surface area (TPSA) is 61.4 Å². The molecule has 140 valence electrons. The van der Waals surface area contributed by atoms with Crippen molar-refractivity contribution in [3.8, 4) is 0 Å². The quantitative estimate of drug-likeness (QED) is 0.841. The van der Waals surface area contributed by atoms with E-state index in [4.69, 9.17) is 0 Å². The molecule has 0 unspecified atom stereocenters. The minimum Gasteiger partial charge on any atom is -0.333 e. The fraction of sp³-hybridized carbons (Fsp3) is 0.579. The van der Waals surface area contributed by atoms with E-state index in [9.17, 15) is 9.59 Å². The number of nitrogens with one attached hydrogen (secondary N) is 2. The second-order valence-corrected chi connectivity index (χ2v) is 6.74. The summed E-state index contributed by atoms with van der Waals surface area (Å²) in [4.78, 5) is 26.8. The maximum atomic E-state index is 12.7. The Kier molecular flexibility index (Phi) is 8.39. The summed E-state index contributed by atoms with van der Waals surface area (Å²) in [6.07, 6.45) is 1.69. The third kappa shape index (κ3) is 5.72. The Bertz CT molecular complexity index is 586. The van der Waals surface area contributed by atoms with E-state index in [1.54, 1.807) is 4.90 Å². The number of halogens is 1. The van der Waals surface area contributed by atoms with Gasteiger partial charge in [0, 0.05) is 24.2 Å². The van der Waals surface area contributed by atoms with Crippen molar-refractivity contribution in [3.63, 3.8) is 0 Å². The molecule has 1 saturated heterocycles. The van der Waals surface area contributed by atoms with Gasteiger partial charge in [-0.25, -0.2) is 0 Å². The van der Waals surface area contributed by atoms with Crippen molar-refractivity contribution in [1.82, 2.24) is 10.2 Å². The SMILES string of the molecule is CCN(CC(=O)Nc1c(C)cccc1C)C(=O)[C@H]1CCN[C@@H](C)C1.Cl. The molecule has 2 atom stereocenters. The Balaban J connectivity index is 0.00000312. The molecule has 0 aromatic heterocycles. The monoisotopic (exact) mass is 367 g/mol. The Labute approximate surface area is 157 Å². The number of piperidine rings is 1. The molecular weight excluding hydrogens is 338 g/mol. The molecule has 5 nitrogen and oxygen atoms in total. The Morgan fingerprint density at radius 1 is 1.28 bits per heavy atom. The lowest BCUT2D eigenvalue weighted by atomic mass is 9.92. The average Bonchev–Trinajstić information content (AvgIpc) is 2.55. The predicted molar refractivity (Wildman–Crippen MR) is 104 cm³/mol. The van der Waals surface area contributed by atoms with E-state index in [2.05, 4.69) is 17.6 Å². The molecule has 1 aliphatic rings. The lowest BCUT2D eigenvalue weighted by molar-refractivity contribution is -0.139. The molecule has 0 bridgehead atoms. The second kappa shape index (κ2) is 9.78. The number of anilines is 1. The van der Waals surface area contributed by atoms with Crippen LogP contribution in [0.5, 0.6) is 0 Å². The average molecular weight is 368 g/mol. The summed E-state index contributed by atoms with van der Waals surface area (Å²) < 4.78 is 0. The fourth-order valence-electron chi connectivity index (χ4n) is 3.32. The molecule has 1 aromatic carbocycles. The van der Waals surface area contributed by atoms with Gasteiger partial charge in [0.25, 0.3) is 0 Å². The summed E-state index contributed by atoms with van der Waals surface area (Å²) in [6, 6.07) is 6.28. The molecule has 25 heavy (non-hydrogen) atoms. The molecule has 2 amide bonds. The van der Waals surface area contributed by atoms with Crippen molar-refractivity contribution >= 4 is 29.9 Å². The van der Waals surface area contributed by atoms with Gasteiger partial charge in [0.2, 0.25) is 11.8 Å². The van der Waals surface area contributed by atoms with Crippen molar-refractivity contribution < 1.29 is 9.59 Å². The Morgan fingerprint density at radius 3 is 2.48 bits per heavy atom. The first kappa shape index (κ1) is 21.5. The molecular formula is C19H30ClN3O2. The highest BCUT2D eigenvalue weighted by molar-refractivity contribution is 5.96. The third-order valence-electron chi connectivity index (χ3n) is 4.75. The smallest absolute Gasteiger partial charge is 0.244 e. The van der Waals surface area contributed by atoms with Gasteiger partial charge < -0.3 is 15.5 Å². The third-order valence-corrected chi connectivity index (χ3v) is 4.75. The zero-order chi connectivity index (χ0) is 17.7. The molecule has 6 heteroatoms. The first-order valence-corrected chi connectivity index (χ1v) is 8.80. The van der Waals surface area contributed by atoms with Crippen molar-refractivity contribution in [1.29, 1.82) is 0 Å². The molecule has 2 rings (SSSR count). The van der Waals surface area contributed by atoms with Crippen molar-refractivity contribution in [2.75, 3.05) is 25.0 Å². The lowest BCUT2D eigenvalue weighted by Crippen LogP contribution is -2.46. The number of rotatable bonds is 5. The molecule has 2 N–H and O–H groups in total. The van der Waals surface area contributed by atoms with Crippen LogP contribution in [-0.4, -0.2) is 42.4 Å². The van der Waals surface area contributed by atoms with E-state index in [0.29, 0.717) is 12.6 Å². The summed E-state index contributed by atoms with van der Waals surface area (Å²) in [5.41, 5.74) is 2.91. The minimum atomic E-state index is -0.135. The summed E-state index contributed by atoms with van der Waals surface area (Å²) in [5, 5.41) is 6.32. The van der Waals surface area contributed by atoms with E-state index in [-0.39, 0.29) is 36.7 Å². The highest BCUT2D eigenvalue weighted by Gasteiger charge is 2.28. The van der Waals surface area contributed by atoms with Crippen molar-refractivity contribution in [2.24, 2.45) is 5.92 Å². The molecule has 1 heterocycles. The van der Waals surface area contributed by atoms with Crippen molar-refractivity contribution in [3.05, 3.63) is 29.3 Å². The van der Waals surface area contributed by atoms with Crippen LogP contribution >= 0.6 is 12.4 Å². The molecule has 0 radical (unpaired) electrons. The molecule has 1 aromatic rings. The Morgan fingerprint density at radius 2 is 1.92 bits per heavy atom. The highest BCUT2D eigenvalue weighted by Crippen LogP contribution is 2.21. The van der Waals surface area contributed by atoms with Crippen molar-refractivity contribution in [2.45, 2.75) is 46.6 Å². The summed E-state index contributed by atoms with van der Waals surface area (Å²) in [7, 11) is 0. The van der Waals surface area contributed by atoms with Gasteiger partial charge in [0.1, 0.15) is 0 Å². The van der Waals surface area contributed by atoms with Gasteiger partial charge >= 0.3 is 0 Å². The standard InChI is InChI=1S/C19H29N3O2.ClH/c1-5-22(19(24)16-9-10-20-15(4)11-16)12-17(23)21-18-13(2)7-6-8-14(18)3;/h6-8,15-16,20H,5,9-12H2,1-4H3,(H,21,23);1H/t15-,16-;/m0./s1. The van der Waals surface area contributed by atoms with Gasteiger partial charge in [0.15, 0.2) is 0 Å². The van der Waals surface area contributed by atoms with Crippen LogP contribution in [0.1, 0.15) is 37.8 Å². The largest absolute Gasteiger partial charge is 0.333 e. The molecule has 1 fully saturated rings. The van der Waals surface area contributed by atoms with Crippen LogP contribution in [0.4, 0.5) is 5.69 Å². The minimum absolute atomic E-state index is 0. The van der Waals surface area contributed by atoms with Crippen LogP contribution < -0.4 is 10.6 Å². The first-order valence-electron chi connectivity index (χ1n) is 8.80. The molecule has 0 spiro atoms. The number of carbonyl (C=O) groups is 2. The maximum absolute atomic E-state index is 12.7. The summed E-state index contributed by atoms with van der Waals surface area (Å²) >= 11 is 0. The van der Waals surface area contributed by atoms with E-state index < -0.39 is 0 Å². The van der Waals surface area contributed by atoms with Crippen LogP contribution in [0.25, 0.3) is 0 Å². The second-order valence-electron chi connectivity index (χ2n) is 6.74. The highest BCUT2D eigenvalue weighted by atomic mass is 35.5. The number of aryl methyl sites for hydroxylation is 2. The van der Waals surface area contributed by atoms with Crippen LogP contribution in [0.2, 0.25) is 0 Å². The van der Waals surface area contributed by atoms with Gasteiger partial charge in [-0.1, -0.05) is 18.2 Å². The van der Waals surface area contributed by atoms with E-state index >= 15 is 0 Å². The predicted octanol–water partition coefficient (Wildman–Crippen LogP) is 2.90. The van der Waals surface area contributed by atoms with Gasteiger partial charge in [0.05, 0.1) is 6.54 Å². The van der Waals surface area contributed by atoms with Crippen LogP contribution in [0.3, 0.4) is 0 Å². The number of benzene rings is 1. The summed E-state index contributed by atoms with van der Waals surface area (Å²) in [6.45, 7) is 9.50. The Hall–Kier alpha value is -1.59. The van der Waals surface area contributed by atoms with Gasteiger partial charge in [-0.15, -0.1) is 12.4 Å². The molecule has 0 saturated carbocycles. The number of nitrogens with zero attached hydrogens (tertiary/aromatic N) is 1. The van der Waals surface area contributed by atoms with Crippen LogP contribution in [0, 0.1) is 19.8 Å². The van der Waals surface area contributed by atoms with Gasteiger partial charge in [-0.3, -0.25) is 9.59 Å². The number of hydrogen-bond donors (Lipinski definition) is 2. The summed E-state index contributed by atoms with van der Waals surface area (Å²) in [5.74, 6) is -0.0127. The number of amides is 2. The number of likely N-dealkylation sites (N-methyl/N-ethyl adjacent to an activating group) is 1. The van der Waals surface area contributed by atoms with Gasteiger partial charge in [-0.2, -0.15) is 0 Å². The van der Waals surface area contributed by atoms with E-state index in [0.717, 1.165) is 36.2 Å². The number of hydrogen-bond acceptors (Lipinski definition) is 3. The van der Waals surface area contributed by atoms with E-state index in [1.807, 2.05) is 39.0 Å². The number of carbonyl (C=O) groups excluding carboxylic acids is 2. The maximum Gasteiger partial charge on any atom is 0.244 e. The first-order chi connectivity index (χ1) is 11.4. The molecule has 0 aliphatic carbocycles. The number of para-hydroxylation sites is 1. The van der Waals surface area contributed by atoms with E-state index in [1.165, 1.54) is 0 Å². The fourth-order valence-corrected chi connectivity index (χ4v) is 3.32.